The van der Waals surface area contributed by atoms with E-state index in [9.17, 15) is 4.79 Å². The summed E-state index contributed by atoms with van der Waals surface area (Å²) in [6.07, 6.45) is 1.24. The number of hydrogen-bond acceptors (Lipinski definition) is 2. The summed E-state index contributed by atoms with van der Waals surface area (Å²) < 4.78 is 0. The van der Waals surface area contributed by atoms with Crippen molar-refractivity contribution in [1.82, 2.24) is 5.32 Å². The Labute approximate surface area is 122 Å². The molecule has 0 aliphatic carbocycles. The van der Waals surface area contributed by atoms with Gasteiger partial charge in [0.25, 0.3) is 0 Å². The first-order valence-electron chi connectivity index (χ1n) is 6.49. The van der Waals surface area contributed by atoms with E-state index in [4.69, 9.17) is 5.73 Å². The molecular weight excluding hydrogens is 260 g/mol. The maximum atomic E-state index is 11.6. The van der Waals surface area contributed by atoms with Gasteiger partial charge in [-0.1, -0.05) is 23.8 Å². The second-order valence-corrected chi connectivity index (χ2v) is 5.28. The maximum Gasteiger partial charge on any atom is 0.221 e. The van der Waals surface area contributed by atoms with Crippen molar-refractivity contribution in [2.45, 2.75) is 52.6 Å². The van der Waals surface area contributed by atoms with Gasteiger partial charge in [-0.3, -0.25) is 4.79 Å². The molecule has 0 aliphatic rings. The number of aryl methyl sites for hydroxylation is 2. The second kappa shape index (κ2) is 8.18. The van der Waals surface area contributed by atoms with Crippen LogP contribution in [0, 0.1) is 13.8 Å². The third-order valence-electron chi connectivity index (χ3n) is 2.94. The first-order chi connectivity index (χ1) is 8.38. The van der Waals surface area contributed by atoms with Crippen molar-refractivity contribution in [3.05, 3.63) is 34.9 Å². The molecule has 0 spiro atoms. The standard InChI is InChI=1S/C15H24N2O.ClH/c1-10-5-6-14(11(2)7-10)9-13(4)17-15(18)8-12(3)16;/h5-7,12-13H,8-9,16H2,1-4H3,(H,17,18);1H. The number of amides is 1. The number of carbonyl (C=O) groups is 1. The minimum Gasteiger partial charge on any atom is -0.353 e. The molecule has 19 heavy (non-hydrogen) atoms. The summed E-state index contributed by atoms with van der Waals surface area (Å²) in [5, 5.41) is 2.98. The topological polar surface area (TPSA) is 55.1 Å². The van der Waals surface area contributed by atoms with Gasteiger partial charge < -0.3 is 11.1 Å². The summed E-state index contributed by atoms with van der Waals surface area (Å²) in [6.45, 7) is 8.07. The van der Waals surface area contributed by atoms with E-state index >= 15 is 0 Å². The van der Waals surface area contributed by atoms with Crippen molar-refractivity contribution in [2.75, 3.05) is 0 Å². The Kier molecular flexibility index (Phi) is 7.72. The van der Waals surface area contributed by atoms with Gasteiger partial charge in [-0.05, 0) is 45.2 Å². The first-order valence-corrected chi connectivity index (χ1v) is 6.49. The summed E-state index contributed by atoms with van der Waals surface area (Å²) in [7, 11) is 0. The molecule has 0 aromatic heterocycles. The number of rotatable bonds is 5. The van der Waals surface area contributed by atoms with E-state index in [-0.39, 0.29) is 30.4 Å². The van der Waals surface area contributed by atoms with Crippen molar-refractivity contribution in [3.8, 4) is 0 Å². The smallest absolute Gasteiger partial charge is 0.221 e. The van der Waals surface area contributed by atoms with Crippen LogP contribution in [0.1, 0.15) is 37.0 Å². The first kappa shape index (κ1) is 17.9. The number of halogens is 1. The molecule has 3 N–H and O–H groups in total. The Morgan fingerprint density at radius 2 is 1.95 bits per heavy atom. The van der Waals surface area contributed by atoms with Crippen LogP contribution in [0.15, 0.2) is 18.2 Å². The van der Waals surface area contributed by atoms with E-state index in [2.05, 4.69) is 37.4 Å². The highest BCUT2D eigenvalue weighted by Gasteiger charge is 2.10. The average Bonchev–Trinajstić information content (AvgIpc) is 2.20. The fourth-order valence-electron chi connectivity index (χ4n) is 2.08. The number of nitrogens with two attached hydrogens (primary N) is 1. The van der Waals surface area contributed by atoms with E-state index in [0.29, 0.717) is 6.42 Å². The van der Waals surface area contributed by atoms with Crippen molar-refractivity contribution >= 4 is 18.3 Å². The van der Waals surface area contributed by atoms with E-state index in [0.717, 1.165) is 6.42 Å². The molecule has 0 fully saturated rings. The zero-order valence-electron chi connectivity index (χ0n) is 12.2. The molecule has 2 unspecified atom stereocenters. The summed E-state index contributed by atoms with van der Waals surface area (Å²) in [5.41, 5.74) is 9.44. The number of nitrogens with one attached hydrogen (secondary N) is 1. The molecule has 1 amide bonds. The summed E-state index contributed by atoms with van der Waals surface area (Å²) in [5.74, 6) is 0.0299. The van der Waals surface area contributed by atoms with Crippen molar-refractivity contribution in [1.29, 1.82) is 0 Å². The van der Waals surface area contributed by atoms with E-state index in [1.54, 1.807) is 0 Å². The van der Waals surface area contributed by atoms with Crippen LogP contribution in [0.4, 0.5) is 0 Å². The quantitative estimate of drug-likeness (QED) is 0.873. The largest absolute Gasteiger partial charge is 0.353 e. The van der Waals surface area contributed by atoms with Crippen molar-refractivity contribution in [2.24, 2.45) is 5.73 Å². The van der Waals surface area contributed by atoms with Gasteiger partial charge >= 0.3 is 0 Å². The lowest BCUT2D eigenvalue weighted by Crippen LogP contribution is -2.37. The molecule has 108 valence electrons. The summed E-state index contributed by atoms with van der Waals surface area (Å²) in [6, 6.07) is 6.47. The SMILES string of the molecule is Cc1ccc(CC(C)NC(=O)CC(C)N)c(C)c1.Cl. The lowest BCUT2D eigenvalue weighted by molar-refractivity contribution is -0.121. The Balaban J connectivity index is 0.00000324. The molecule has 1 rings (SSSR count). The van der Waals surface area contributed by atoms with Gasteiger partial charge in [-0.25, -0.2) is 0 Å². The van der Waals surface area contributed by atoms with Gasteiger partial charge in [-0.2, -0.15) is 0 Å². The highest BCUT2D eigenvalue weighted by atomic mass is 35.5. The van der Waals surface area contributed by atoms with Gasteiger partial charge in [0, 0.05) is 18.5 Å². The molecule has 2 atom stereocenters. The van der Waals surface area contributed by atoms with Crippen LogP contribution in [-0.4, -0.2) is 18.0 Å². The van der Waals surface area contributed by atoms with Crippen LogP contribution in [-0.2, 0) is 11.2 Å². The lowest BCUT2D eigenvalue weighted by Gasteiger charge is -2.16. The molecule has 4 heteroatoms. The van der Waals surface area contributed by atoms with Crippen LogP contribution >= 0.6 is 12.4 Å². The van der Waals surface area contributed by atoms with Crippen LogP contribution in [0.3, 0.4) is 0 Å². The van der Waals surface area contributed by atoms with E-state index in [1.807, 2.05) is 13.8 Å². The van der Waals surface area contributed by atoms with Gasteiger partial charge in [0.05, 0.1) is 0 Å². The molecule has 3 nitrogen and oxygen atoms in total. The highest BCUT2D eigenvalue weighted by Crippen LogP contribution is 2.12. The number of hydrogen-bond donors (Lipinski definition) is 2. The van der Waals surface area contributed by atoms with Gasteiger partial charge in [0.15, 0.2) is 0 Å². The lowest BCUT2D eigenvalue weighted by atomic mass is 10.00. The molecular formula is C15H25ClN2O. The van der Waals surface area contributed by atoms with Crippen LogP contribution in [0.25, 0.3) is 0 Å². The number of carbonyl (C=O) groups excluding carboxylic acids is 1. The fourth-order valence-corrected chi connectivity index (χ4v) is 2.08. The summed E-state index contributed by atoms with van der Waals surface area (Å²) >= 11 is 0. The second-order valence-electron chi connectivity index (χ2n) is 5.28. The molecule has 0 bridgehead atoms. The predicted molar refractivity (Wildman–Crippen MR) is 82.7 cm³/mol. The van der Waals surface area contributed by atoms with Crippen LogP contribution < -0.4 is 11.1 Å². The molecule has 0 radical (unpaired) electrons. The van der Waals surface area contributed by atoms with Gasteiger partial charge in [-0.15, -0.1) is 12.4 Å². The van der Waals surface area contributed by atoms with Crippen LogP contribution in [0.5, 0.6) is 0 Å². The number of benzene rings is 1. The summed E-state index contributed by atoms with van der Waals surface area (Å²) in [4.78, 5) is 11.6. The van der Waals surface area contributed by atoms with Gasteiger partial charge in [0.1, 0.15) is 0 Å². The molecule has 0 aliphatic heterocycles. The maximum absolute atomic E-state index is 11.6. The van der Waals surface area contributed by atoms with Crippen molar-refractivity contribution < 1.29 is 4.79 Å². The zero-order chi connectivity index (χ0) is 13.7. The molecule has 0 heterocycles. The Morgan fingerprint density at radius 3 is 2.47 bits per heavy atom. The van der Waals surface area contributed by atoms with Gasteiger partial charge in [0.2, 0.25) is 5.91 Å². The normalized spacial score (nSPS) is 13.3. The Bertz CT molecular complexity index is 419. The van der Waals surface area contributed by atoms with Crippen LogP contribution in [0.2, 0.25) is 0 Å². The minimum absolute atomic E-state index is 0. The van der Waals surface area contributed by atoms with Crippen molar-refractivity contribution in [3.63, 3.8) is 0 Å². The van der Waals surface area contributed by atoms with E-state index < -0.39 is 0 Å². The Hall–Kier alpha value is -1.06. The molecule has 1 aromatic rings. The third kappa shape index (κ3) is 6.60. The molecule has 1 aromatic carbocycles. The fraction of sp³-hybridized carbons (Fsp3) is 0.533. The third-order valence-corrected chi connectivity index (χ3v) is 2.94. The monoisotopic (exact) mass is 284 g/mol. The molecule has 0 saturated carbocycles. The Morgan fingerprint density at radius 1 is 1.32 bits per heavy atom. The predicted octanol–water partition coefficient (Wildman–Crippen LogP) is 2.51. The minimum atomic E-state index is -0.0849. The average molecular weight is 285 g/mol. The van der Waals surface area contributed by atoms with E-state index in [1.165, 1.54) is 16.7 Å². The highest BCUT2D eigenvalue weighted by molar-refractivity contribution is 5.85. The zero-order valence-corrected chi connectivity index (χ0v) is 13.0. The molecule has 0 saturated heterocycles.